The Balaban J connectivity index is 0.000000614. The summed E-state index contributed by atoms with van der Waals surface area (Å²) in [6.07, 6.45) is 32.7. The zero-order valence-corrected chi connectivity index (χ0v) is 36.1. The number of aromatic carboxylic acids is 1. The first-order valence-electron chi connectivity index (χ1n) is 22.8. The molecule has 0 spiro atoms. The summed E-state index contributed by atoms with van der Waals surface area (Å²) >= 11 is 0. The molecule has 8 heteroatoms. The lowest BCUT2D eigenvalue weighted by molar-refractivity contribution is 0.0450. The minimum atomic E-state index is -1.11. The minimum absolute atomic E-state index is 0.00965. The lowest BCUT2D eigenvalue weighted by atomic mass is 10.1. The van der Waals surface area contributed by atoms with Gasteiger partial charge in [0.1, 0.15) is 0 Å². The molecule has 0 aliphatic carbocycles. The van der Waals surface area contributed by atoms with Gasteiger partial charge in [-0.15, -0.1) is 0 Å². The third kappa shape index (κ3) is 26.8. The summed E-state index contributed by atoms with van der Waals surface area (Å²) in [4.78, 5) is 48.0. The lowest BCUT2D eigenvalue weighted by Gasteiger charge is -2.10. The Morgan fingerprint density at radius 1 is 0.351 bits per heavy atom. The molecule has 0 unspecified atom stereocenters. The topological polar surface area (TPSA) is 116 Å². The fourth-order valence-electron chi connectivity index (χ4n) is 6.65. The van der Waals surface area contributed by atoms with Crippen molar-refractivity contribution in [3.05, 3.63) is 70.8 Å². The summed E-state index contributed by atoms with van der Waals surface area (Å²) < 4.78 is 16.0. The molecule has 57 heavy (non-hydrogen) atoms. The second-order valence-electron chi connectivity index (χ2n) is 15.3. The molecule has 0 atom stereocenters. The van der Waals surface area contributed by atoms with E-state index in [9.17, 15) is 19.2 Å². The molecule has 0 aliphatic rings. The molecular weight excluding hydrogens is 717 g/mol. The number of benzene rings is 2. The van der Waals surface area contributed by atoms with Gasteiger partial charge in [-0.25, -0.2) is 19.2 Å². The van der Waals surface area contributed by atoms with Gasteiger partial charge in [0.05, 0.1) is 42.1 Å². The van der Waals surface area contributed by atoms with Crippen LogP contribution in [0.5, 0.6) is 0 Å². The highest BCUT2D eigenvalue weighted by Crippen LogP contribution is 2.16. The SMILES string of the molecule is CCCCCCCCCCCOC(=O)c1ccccc1C(=O)O.CCCCCCCCCCCOC(=O)c1ccccc1C(=O)OCCCCCCCCCCC. The van der Waals surface area contributed by atoms with Crippen LogP contribution in [0.1, 0.15) is 236 Å². The molecule has 0 fully saturated rings. The lowest BCUT2D eigenvalue weighted by Crippen LogP contribution is -2.15. The predicted octanol–water partition coefficient (Wildman–Crippen LogP) is 14.1. The molecule has 2 aromatic carbocycles. The number of carbonyl (C=O) groups is 4. The van der Waals surface area contributed by atoms with E-state index in [4.69, 9.17) is 19.3 Å². The average Bonchev–Trinajstić information content (AvgIpc) is 3.22. The van der Waals surface area contributed by atoms with Crippen molar-refractivity contribution in [2.24, 2.45) is 0 Å². The molecule has 1 N–H and O–H groups in total. The second kappa shape index (κ2) is 36.6. The van der Waals surface area contributed by atoms with Crippen LogP contribution in [-0.2, 0) is 14.2 Å². The molecule has 0 radical (unpaired) electrons. The summed E-state index contributed by atoms with van der Waals surface area (Å²) in [7, 11) is 0. The van der Waals surface area contributed by atoms with Crippen LogP contribution in [0.3, 0.4) is 0 Å². The van der Waals surface area contributed by atoms with Gasteiger partial charge in [0.15, 0.2) is 0 Å². The summed E-state index contributed by atoms with van der Waals surface area (Å²) in [5, 5.41) is 9.05. The van der Waals surface area contributed by atoms with Crippen LogP contribution in [-0.4, -0.2) is 48.8 Å². The summed E-state index contributed by atoms with van der Waals surface area (Å²) in [6, 6.07) is 12.9. The highest BCUT2D eigenvalue weighted by atomic mass is 16.5. The van der Waals surface area contributed by atoms with Crippen molar-refractivity contribution in [3.63, 3.8) is 0 Å². The van der Waals surface area contributed by atoms with Crippen molar-refractivity contribution >= 4 is 23.9 Å². The van der Waals surface area contributed by atoms with Gasteiger partial charge < -0.3 is 19.3 Å². The molecule has 0 aliphatic heterocycles. The molecule has 8 nitrogen and oxygen atoms in total. The number of carbonyl (C=O) groups excluding carboxylic acids is 3. The number of carboxylic acid groups (broad SMARTS) is 1. The second-order valence-corrected chi connectivity index (χ2v) is 15.3. The van der Waals surface area contributed by atoms with Crippen molar-refractivity contribution in [1.82, 2.24) is 0 Å². The van der Waals surface area contributed by atoms with Crippen molar-refractivity contribution in [2.45, 2.75) is 194 Å². The molecule has 0 saturated carbocycles. The molecule has 0 saturated heterocycles. The third-order valence-corrected chi connectivity index (χ3v) is 10.2. The first-order chi connectivity index (χ1) is 27.9. The summed E-state index contributed by atoms with van der Waals surface area (Å²) in [5.74, 6) is -2.53. The maximum atomic E-state index is 12.5. The fourth-order valence-corrected chi connectivity index (χ4v) is 6.65. The van der Waals surface area contributed by atoms with Crippen LogP contribution in [0.2, 0.25) is 0 Å². The fraction of sp³-hybridized carbons (Fsp3) is 0.673. The van der Waals surface area contributed by atoms with E-state index in [1.807, 2.05) is 0 Å². The Morgan fingerprint density at radius 2 is 0.561 bits per heavy atom. The summed E-state index contributed by atoms with van der Waals surface area (Å²) in [6.45, 7) is 7.84. The predicted molar refractivity (Wildman–Crippen MR) is 232 cm³/mol. The van der Waals surface area contributed by atoms with Gasteiger partial charge in [0, 0.05) is 0 Å². The van der Waals surface area contributed by atoms with Gasteiger partial charge >= 0.3 is 23.9 Å². The first kappa shape index (κ1) is 51.3. The number of ether oxygens (including phenoxy) is 3. The van der Waals surface area contributed by atoms with Gasteiger partial charge in [0.25, 0.3) is 0 Å². The molecular formula is C49H78O8. The van der Waals surface area contributed by atoms with Gasteiger partial charge in [-0.2, -0.15) is 0 Å². The molecule has 0 aromatic heterocycles. The standard InChI is InChI=1S/C30H50O4.C19H28O4/c1-3-5-7-9-11-13-15-17-21-25-33-29(31)27-23-19-20-24-28(27)30(32)34-26-22-18-16-14-12-10-8-6-4-2;1-2-3-4-5-6-7-8-9-12-15-23-19(22)17-14-11-10-13-16(17)18(20)21/h19-20,23-24H,3-18,21-22,25-26H2,1-2H3;10-11,13-14H,2-9,12,15H2,1H3,(H,20,21). The number of hydrogen-bond donors (Lipinski definition) is 1. The molecule has 2 rings (SSSR count). The van der Waals surface area contributed by atoms with Gasteiger partial charge in [-0.1, -0.05) is 199 Å². The zero-order valence-electron chi connectivity index (χ0n) is 36.1. The number of carboxylic acids is 1. The Labute approximate surface area is 346 Å². The maximum Gasteiger partial charge on any atom is 0.339 e. The number of hydrogen-bond acceptors (Lipinski definition) is 7. The Hall–Kier alpha value is -3.68. The molecule has 0 bridgehead atoms. The van der Waals surface area contributed by atoms with Gasteiger partial charge in [0.2, 0.25) is 0 Å². The zero-order chi connectivity index (χ0) is 41.6. The smallest absolute Gasteiger partial charge is 0.339 e. The molecule has 2 aromatic rings. The van der Waals surface area contributed by atoms with E-state index in [2.05, 4.69) is 20.8 Å². The third-order valence-electron chi connectivity index (χ3n) is 10.2. The van der Waals surface area contributed by atoms with E-state index in [1.54, 1.807) is 36.4 Å². The van der Waals surface area contributed by atoms with Crippen LogP contribution in [0, 0.1) is 0 Å². The van der Waals surface area contributed by atoms with Crippen molar-refractivity contribution in [1.29, 1.82) is 0 Å². The van der Waals surface area contributed by atoms with E-state index in [-0.39, 0.29) is 11.1 Å². The highest BCUT2D eigenvalue weighted by molar-refractivity contribution is 6.03. The normalized spacial score (nSPS) is 10.7. The van der Waals surface area contributed by atoms with Crippen LogP contribution in [0.25, 0.3) is 0 Å². The van der Waals surface area contributed by atoms with Crippen LogP contribution >= 0.6 is 0 Å². The average molecular weight is 795 g/mol. The van der Waals surface area contributed by atoms with Crippen LogP contribution in [0.15, 0.2) is 48.5 Å². The first-order valence-corrected chi connectivity index (χ1v) is 22.8. The Bertz CT molecular complexity index is 1270. The Kier molecular flexibility index (Phi) is 33.0. The van der Waals surface area contributed by atoms with Crippen molar-refractivity contribution in [3.8, 4) is 0 Å². The quantitative estimate of drug-likeness (QED) is 0.0423. The van der Waals surface area contributed by atoms with Crippen LogP contribution in [0.4, 0.5) is 0 Å². The van der Waals surface area contributed by atoms with E-state index in [0.717, 1.165) is 44.9 Å². The highest BCUT2D eigenvalue weighted by Gasteiger charge is 2.19. The Morgan fingerprint density at radius 3 is 0.807 bits per heavy atom. The monoisotopic (exact) mass is 795 g/mol. The largest absolute Gasteiger partial charge is 0.478 e. The maximum absolute atomic E-state index is 12.5. The summed E-state index contributed by atoms with van der Waals surface area (Å²) in [5.41, 5.74) is 0.714. The van der Waals surface area contributed by atoms with E-state index in [1.165, 1.54) is 141 Å². The van der Waals surface area contributed by atoms with Crippen molar-refractivity contribution < 1.29 is 38.5 Å². The number of esters is 3. The van der Waals surface area contributed by atoms with E-state index in [0.29, 0.717) is 30.9 Å². The molecule has 0 amide bonds. The van der Waals surface area contributed by atoms with Gasteiger partial charge in [-0.05, 0) is 43.5 Å². The minimum Gasteiger partial charge on any atom is -0.478 e. The van der Waals surface area contributed by atoms with E-state index >= 15 is 0 Å². The molecule has 0 heterocycles. The van der Waals surface area contributed by atoms with E-state index < -0.39 is 23.9 Å². The van der Waals surface area contributed by atoms with Crippen molar-refractivity contribution in [2.75, 3.05) is 19.8 Å². The van der Waals surface area contributed by atoms with Crippen LogP contribution < -0.4 is 0 Å². The molecule has 322 valence electrons. The number of rotatable bonds is 34. The van der Waals surface area contributed by atoms with Gasteiger partial charge in [-0.3, -0.25) is 0 Å². The number of unbranched alkanes of at least 4 members (excludes halogenated alkanes) is 24.